The lowest BCUT2D eigenvalue weighted by molar-refractivity contribution is 0.459. The summed E-state index contributed by atoms with van der Waals surface area (Å²) in [6.07, 6.45) is 2.29. The normalized spacial score (nSPS) is 12.2. The predicted molar refractivity (Wildman–Crippen MR) is 67.9 cm³/mol. The second-order valence-corrected chi connectivity index (χ2v) is 4.11. The van der Waals surface area contributed by atoms with Crippen LogP contribution >= 0.6 is 0 Å². The summed E-state index contributed by atoms with van der Waals surface area (Å²) in [4.78, 5) is 4.17. The first-order valence-corrected chi connectivity index (χ1v) is 5.94. The Labute approximate surface area is 110 Å². The first-order valence-electron chi connectivity index (χ1n) is 5.94. The Bertz CT molecular complexity index is 558. The molecule has 0 fully saturated rings. The van der Waals surface area contributed by atoms with E-state index in [1.54, 1.807) is 12.1 Å². The highest BCUT2D eigenvalue weighted by atomic mass is 19.2. The fourth-order valence-corrected chi connectivity index (χ4v) is 1.56. The van der Waals surface area contributed by atoms with E-state index in [0.29, 0.717) is 5.75 Å². The van der Waals surface area contributed by atoms with Crippen molar-refractivity contribution in [3.63, 3.8) is 0 Å². The van der Waals surface area contributed by atoms with Crippen molar-refractivity contribution < 1.29 is 13.5 Å². The van der Waals surface area contributed by atoms with Crippen LogP contribution in [0.2, 0.25) is 0 Å². The molecule has 0 radical (unpaired) electrons. The van der Waals surface area contributed by atoms with Gasteiger partial charge in [0.15, 0.2) is 11.6 Å². The topological polar surface area (TPSA) is 48.1 Å². The van der Waals surface area contributed by atoms with Crippen molar-refractivity contribution in [2.75, 3.05) is 0 Å². The van der Waals surface area contributed by atoms with E-state index in [0.717, 1.165) is 24.2 Å². The summed E-state index contributed by atoms with van der Waals surface area (Å²) in [7, 11) is 0. The molecule has 0 saturated carbocycles. The largest absolute Gasteiger partial charge is 0.456 e. The van der Waals surface area contributed by atoms with Gasteiger partial charge in [-0.25, -0.2) is 8.78 Å². The van der Waals surface area contributed by atoms with Crippen molar-refractivity contribution >= 4 is 0 Å². The summed E-state index contributed by atoms with van der Waals surface area (Å²) in [6, 6.07) is 6.69. The third kappa shape index (κ3) is 3.26. The number of hydrogen-bond acceptors (Lipinski definition) is 3. The minimum absolute atomic E-state index is 0.114. The lowest BCUT2D eigenvalue weighted by atomic mass is 10.1. The predicted octanol–water partition coefficient (Wildman–Crippen LogP) is 3.56. The maximum atomic E-state index is 13.0. The van der Waals surface area contributed by atoms with Crippen molar-refractivity contribution in [2.24, 2.45) is 5.73 Å². The molecule has 0 saturated heterocycles. The van der Waals surface area contributed by atoms with Crippen molar-refractivity contribution in [3.8, 4) is 11.5 Å². The molecule has 1 aromatic carbocycles. The first kappa shape index (κ1) is 13.4. The van der Waals surface area contributed by atoms with Gasteiger partial charge in [0, 0.05) is 12.1 Å². The number of halogens is 2. The van der Waals surface area contributed by atoms with Gasteiger partial charge in [-0.05, 0) is 30.7 Å². The highest BCUT2D eigenvalue weighted by Gasteiger charge is 2.07. The molecule has 0 amide bonds. The maximum Gasteiger partial charge on any atom is 0.162 e. The molecular weight excluding hydrogens is 250 g/mol. The van der Waals surface area contributed by atoms with Crippen LogP contribution in [-0.4, -0.2) is 4.98 Å². The average Bonchev–Trinajstić information content (AvgIpc) is 2.43. The highest BCUT2D eigenvalue weighted by molar-refractivity contribution is 5.31. The SMILES string of the molecule is CC[C@H](N)c1ccc(Oc2ccc(F)c(F)c2)cn1. The molecule has 0 aliphatic heterocycles. The summed E-state index contributed by atoms with van der Waals surface area (Å²) in [5, 5.41) is 0. The van der Waals surface area contributed by atoms with Gasteiger partial charge in [0.25, 0.3) is 0 Å². The quantitative estimate of drug-likeness (QED) is 0.918. The van der Waals surface area contributed by atoms with E-state index in [1.807, 2.05) is 6.92 Å². The van der Waals surface area contributed by atoms with Gasteiger partial charge in [-0.15, -0.1) is 0 Å². The molecule has 0 unspecified atom stereocenters. The second kappa shape index (κ2) is 5.75. The van der Waals surface area contributed by atoms with Gasteiger partial charge in [-0.2, -0.15) is 0 Å². The number of rotatable bonds is 4. The van der Waals surface area contributed by atoms with Crippen LogP contribution in [0, 0.1) is 11.6 Å². The Morgan fingerprint density at radius 2 is 1.89 bits per heavy atom. The Morgan fingerprint density at radius 3 is 2.47 bits per heavy atom. The van der Waals surface area contributed by atoms with Crippen molar-refractivity contribution in [1.29, 1.82) is 0 Å². The molecule has 1 atom stereocenters. The smallest absolute Gasteiger partial charge is 0.162 e. The number of ether oxygens (including phenoxy) is 1. The van der Waals surface area contributed by atoms with Crippen molar-refractivity contribution in [3.05, 3.63) is 53.9 Å². The number of pyridine rings is 1. The highest BCUT2D eigenvalue weighted by Crippen LogP contribution is 2.23. The number of benzene rings is 1. The van der Waals surface area contributed by atoms with Crippen LogP contribution in [0.5, 0.6) is 11.5 Å². The molecule has 2 aromatic rings. The Kier molecular flexibility index (Phi) is 4.06. The minimum Gasteiger partial charge on any atom is -0.456 e. The number of nitrogens with zero attached hydrogens (tertiary/aromatic N) is 1. The van der Waals surface area contributed by atoms with Gasteiger partial charge in [-0.3, -0.25) is 4.98 Å². The van der Waals surface area contributed by atoms with E-state index < -0.39 is 11.6 Å². The zero-order valence-electron chi connectivity index (χ0n) is 10.4. The minimum atomic E-state index is -0.949. The number of hydrogen-bond donors (Lipinski definition) is 1. The third-order valence-corrected chi connectivity index (χ3v) is 2.71. The molecule has 0 spiro atoms. The Morgan fingerprint density at radius 1 is 1.16 bits per heavy atom. The van der Waals surface area contributed by atoms with Crippen LogP contribution < -0.4 is 10.5 Å². The first-order chi connectivity index (χ1) is 9.10. The van der Waals surface area contributed by atoms with Gasteiger partial charge in [0.1, 0.15) is 11.5 Å². The van der Waals surface area contributed by atoms with Crippen LogP contribution in [0.25, 0.3) is 0 Å². The van der Waals surface area contributed by atoms with Crippen LogP contribution in [0.15, 0.2) is 36.5 Å². The molecule has 2 rings (SSSR count). The van der Waals surface area contributed by atoms with Gasteiger partial charge < -0.3 is 10.5 Å². The van der Waals surface area contributed by atoms with Crippen LogP contribution in [-0.2, 0) is 0 Å². The average molecular weight is 264 g/mol. The molecule has 1 aromatic heterocycles. The molecule has 5 heteroatoms. The van der Waals surface area contributed by atoms with Crippen molar-refractivity contribution in [1.82, 2.24) is 4.98 Å². The molecular formula is C14H14F2N2O. The summed E-state index contributed by atoms with van der Waals surface area (Å²) in [5.41, 5.74) is 6.60. The van der Waals surface area contributed by atoms with Gasteiger partial charge in [0.05, 0.1) is 11.9 Å². The number of aromatic nitrogens is 1. The second-order valence-electron chi connectivity index (χ2n) is 4.11. The fraction of sp³-hybridized carbons (Fsp3) is 0.214. The van der Waals surface area contributed by atoms with Crippen LogP contribution in [0.4, 0.5) is 8.78 Å². The van der Waals surface area contributed by atoms with E-state index in [-0.39, 0.29) is 11.8 Å². The van der Waals surface area contributed by atoms with E-state index in [9.17, 15) is 8.78 Å². The van der Waals surface area contributed by atoms with E-state index in [4.69, 9.17) is 10.5 Å². The third-order valence-electron chi connectivity index (χ3n) is 2.71. The lowest BCUT2D eigenvalue weighted by Crippen LogP contribution is -2.10. The standard InChI is InChI=1S/C14H14F2N2O/c1-2-13(17)14-6-4-10(8-18-14)19-9-3-5-11(15)12(16)7-9/h3-8,13H,2,17H2,1H3/t13-/m0/s1. The van der Waals surface area contributed by atoms with Gasteiger partial charge in [0.2, 0.25) is 0 Å². The summed E-state index contributed by atoms with van der Waals surface area (Å²) in [6.45, 7) is 1.97. The van der Waals surface area contributed by atoms with E-state index in [2.05, 4.69) is 4.98 Å². The number of nitrogens with two attached hydrogens (primary N) is 1. The van der Waals surface area contributed by atoms with Crippen molar-refractivity contribution in [2.45, 2.75) is 19.4 Å². The molecule has 19 heavy (non-hydrogen) atoms. The summed E-state index contributed by atoms with van der Waals surface area (Å²) in [5.74, 6) is -1.20. The molecule has 100 valence electrons. The van der Waals surface area contributed by atoms with Crippen LogP contribution in [0.3, 0.4) is 0 Å². The molecule has 0 bridgehead atoms. The van der Waals surface area contributed by atoms with Gasteiger partial charge in [-0.1, -0.05) is 6.92 Å². The Balaban J connectivity index is 2.12. The lowest BCUT2D eigenvalue weighted by Gasteiger charge is -2.09. The summed E-state index contributed by atoms with van der Waals surface area (Å²) < 4.78 is 31.1. The van der Waals surface area contributed by atoms with E-state index >= 15 is 0 Å². The maximum absolute atomic E-state index is 13.0. The Hall–Kier alpha value is -2.01. The molecule has 1 heterocycles. The summed E-state index contributed by atoms with van der Waals surface area (Å²) >= 11 is 0. The molecule has 2 N–H and O–H groups in total. The fourth-order valence-electron chi connectivity index (χ4n) is 1.56. The molecule has 0 aliphatic rings. The zero-order valence-corrected chi connectivity index (χ0v) is 10.4. The monoisotopic (exact) mass is 264 g/mol. The van der Waals surface area contributed by atoms with E-state index in [1.165, 1.54) is 12.3 Å². The molecule has 3 nitrogen and oxygen atoms in total. The zero-order chi connectivity index (χ0) is 13.8. The molecule has 0 aliphatic carbocycles. The van der Waals surface area contributed by atoms with Crippen LogP contribution in [0.1, 0.15) is 25.1 Å². The van der Waals surface area contributed by atoms with Gasteiger partial charge >= 0.3 is 0 Å².